The molecule has 2 aromatic rings. The van der Waals surface area contributed by atoms with Crippen LogP contribution < -0.4 is 0 Å². The molecule has 0 radical (unpaired) electrons. The molecule has 1 aliphatic heterocycles. The van der Waals surface area contributed by atoms with Gasteiger partial charge in [-0.1, -0.05) is 19.0 Å². The van der Waals surface area contributed by atoms with E-state index in [4.69, 9.17) is 8.94 Å². The van der Waals surface area contributed by atoms with Crippen LogP contribution >= 0.6 is 0 Å². The molecule has 138 valence electrons. The number of amides is 1. The molecular weight excluding hydrogens is 332 g/mol. The highest BCUT2D eigenvalue weighted by molar-refractivity contribution is 6.10. The minimum atomic E-state index is -0.126. The molecule has 0 saturated carbocycles. The van der Waals surface area contributed by atoms with E-state index < -0.39 is 0 Å². The Hall–Kier alpha value is -2.37. The molecule has 2 aromatic heterocycles. The van der Waals surface area contributed by atoms with Crippen molar-refractivity contribution in [2.45, 2.75) is 64.8 Å². The lowest BCUT2D eigenvalue weighted by atomic mass is 9.92. The Labute approximate surface area is 152 Å². The molecule has 0 bridgehead atoms. The number of fused-ring (bicyclic) bond motifs is 1. The fourth-order valence-electron chi connectivity index (χ4n) is 4.06. The number of hydrogen-bond donors (Lipinski definition) is 0. The van der Waals surface area contributed by atoms with Gasteiger partial charge in [0.1, 0.15) is 23.0 Å². The summed E-state index contributed by atoms with van der Waals surface area (Å²) in [4.78, 5) is 27.6. The predicted molar refractivity (Wildman–Crippen MR) is 94.3 cm³/mol. The van der Waals surface area contributed by atoms with Gasteiger partial charge in [0.25, 0.3) is 5.91 Å². The number of nitrogens with zero attached hydrogens (tertiary/aromatic N) is 2. The summed E-state index contributed by atoms with van der Waals surface area (Å²) in [6.07, 6.45) is 3.75. The lowest BCUT2D eigenvalue weighted by Crippen LogP contribution is -2.32. The monoisotopic (exact) mass is 356 g/mol. The first kappa shape index (κ1) is 17.1. The minimum absolute atomic E-state index is 0.0192. The number of ketones is 1. The number of aromatic nitrogens is 1. The Morgan fingerprint density at radius 3 is 2.85 bits per heavy atom. The predicted octanol–water partition coefficient (Wildman–Crippen LogP) is 4.20. The molecule has 1 fully saturated rings. The van der Waals surface area contributed by atoms with Gasteiger partial charge in [0.2, 0.25) is 0 Å². The maximum atomic E-state index is 13.3. The van der Waals surface area contributed by atoms with Crippen molar-refractivity contribution in [2.75, 3.05) is 6.54 Å². The van der Waals surface area contributed by atoms with E-state index in [1.807, 2.05) is 11.0 Å². The molecule has 1 saturated heterocycles. The van der Waals surface area contributed by atoms with Gasteiger partial charge in [-0.3, -0.25) is 9.59 Å². The van der Waals surface area contributed by atoms with Crippen LogP contribution in [0.25, 0.3) is 0 Å². The normalized spacial score (nSPS) is 20.1. The standard InChI is InChI=1S/C20H24N2O4/c1-11(2)17-10-13(21-26-17)14-6-5-9-22(14)20(24)18-12(3)25-16-8-4-7-15(23)19(16)18/h10-11,14H,4-9H2,1-3H3. The van der Waals surface area contributed by atoms with Gasteiger partial charge in [-0.15, -0.1) is 0 Å². The fourth-order valence-corrected chi connectivity index (χ4v) is 4.06. The van der Waals surface area contributed by atoms with Crippen LogP contribution in [0, 0.1) is 6.92 Å². The van der Waals surface area contributed by atoms with Gasteiger partial charge in [0.05, 0.1) is 17.2 Å². The first-order valence-electron chi connectivity index (χ1n) is 9.40. The van der Waals surface area contributed by atoms with Crippen LogP contribution in [0.3, 0.4) is 0 Å². The molecule has 6 heteroatoms. The van der Waals surface area contributed by atoms with Crippen LogP contribution in [0.5, 0.6) is 0 Å². The molecule has 0 spiro atoms. The largest absolute Gasteiger partial charge is 0.465 e. The molecule has 1 aliphatic carbocycles. The van der Waals surface area contributed by atoms with E-state index >= 15 is 0 Å². The van der Waals surface area contributed by atoms with E-state index in [-0.39, 0.29) is 23.7 Å². The zero-order valence-corrected chi connectivity index (χ0v) is 15.5. The van der Waals surface area contributed by atoms with Crippen molar-refractivity contribution in [2.24, 2.45) is 0 Å². The summed E-state index contributed by atoms with van der Waals surface area (Å²) in [5.74, 6) is 2.18. The number of rotatable bonds is 3. The second-order valence-electron chi connectivity index (χ2n) is 7.57. The smallest absolute Gasteiger partial charge is 0.258 e. The molecular formula is C20H24N2O4. The second-order valence-corrected chi connectivity index (χ2v) is 7.57. The SMILES string of the molecule is Cc1oc2c(c1C(=O)N1CCCC1c1cc(C(C)C)on1)C(=O)CCC2. The Balaban J connectivity index is 1.67. The topological polar surface area (TPSA) is 76.6 Å². The van der Waals surface area contributed by atoms with Crippen LogP contribution in [-0.2, 0) is 6.42 Å². The van der Waals surface area contributed by atoms with Gasteiger partial charge >= 0.3 is 0 Å². The van der Waals surface area contributed by atoms with E-state index in [2.05, 4.69) is 19.0 Å². The number of carbonyl (C=O) groups excluding carboxylic acids is 2. The van der Waals surface area contributed by atoms with Crippen molar-refractivity contribution in [1.29, 1.82) is 0 Å². The van der Waals surface area contributed by atoms with E-state index in [0.29, 0.717) is 35.6 Å². The summed E-state index contributed by atoms with van der Waals surface area (Å²) >= 11 is 0. The molecule has 1 unspecified atom stereocenters. The van der Waals surface area contributed by atoms with Gasteiger partial charge in [0.15, 0.2) is 5.78 Å². The number of carbonyl (C=O) groups is 2. The van der Waals surface area contributed by atoms with Crippen molar-refractivity contribution >= 4 is 11.7 Å². The summed E-state index contributed by atoms with van der Waals surface area (Å²) in [5, 5.41) is 4.20. The van der Waals surface area contributed by atoms with Crippen molar-refractivity contribution in [1.82, 2.24) is 10.1 Å². The van der Waals surface area contributed by atoms with E-state index in [1.54, 1.807) is 6.92 Å². The molecule has 1 atom stereocenters. The highest BCUT2D eigenvalue weighted by Crippen LogP contribution is 2.37. The van der Waals surface area contributed by atoms with Crippen LogP contribution in [-0.4, -0.2) is 28.3 Å². The van der Waals surface area contributed by atoms with Crippen LogP contribution in [0.1, 0.15) is 95.2 Å². The maximum Gasteiger partial charge on any atom is 0.258 e. The number of Topliss-reactive ketones (excluding diaryl/α,β-unsaturated/α-hetero) is 1. The lowest BCUT2D eigenvalue weighted by Gasteiger charge is -2.23. The highest BCUT2D eigenvalue weighted by Gasteiger charge is 2.38. The van der Waals surface area contributed by atoms with Gasteiger partial charge in [-0.2, -0.15) is 0 Å². The number of hydrogen-bond acceptors (Lipinski definition) is 5. The molecule has 1 amide bonds. The summed E-state index contributed by atoms with van der Waals surface area (Å²) in [6.45, 7) is 6.53. The van der Waals surface area contributed by atoms with Crippen LogP contribution in [0.15, 0.2) is 15.0 Å². The summed E-state index contributed by atoms with van der Waals surface area (Å²) < 4.78 is 11.2. The van der Waals surface area contributed by atoms with Crippen molar-refractivity contribution in [3.63, 3.8) is 0 Å². The van der Waals surface area contributed by atoms with Gasteiger partial charge in [-0.05, 0) is 26.2 Å². The Kier molecular flexibility index (Phi) is 4.21. The minimum Gasteiger partial charge on any atom is -0.465 e. The second kappa shape index (κ2) is 6.41. The molecule has 26 heavy (non-hydrogen) atoms. The molecule has 2 aliphatic rings. The molecule has 4 rings (SSSR count). The van der Waals surface area contributed by atoms with E-state index in [1.165, 1.54) is 0 Å². The van der Waals surface area contributed by atoms with E-state index in [0.717, 1.165) is 37.1 Å². The first-order valence-corrected chi connectivity index (χ1v) is 9.40. The number of furan rings is 1. The zero-order chi connectivity index (χ0) is 18.4. The molecule has 6 nitrogen and oxygen atoms in total. The van der Waals surface area contributed by atoms with Crippen molar-refractivity contribution in [3.8, 4) is 0 Å². The van der Waals surface area contributed by atoms with Crippen molar-refractivity contribution in [3.05, 3.63) is 40.2 Å². The first-order chi connectivity index (χ1) is 12.5. The third kappa shape index (κ3) is 2.68. The molecule has 0 aromatic carbocycles. The average Bonchev–Trinajstić information content (AvgIpc) is 3.31. The van der Waals surface area contributed by atoms with Crippen LogP contribution in [0.2, 0.25) is 0 Å². The summed E-state index contributed by atoms with van der Waals surface area (Å²) in [6, 6.07) is 1.84. The maximum absolute atomic E-state index is 13.3. The van der Waals surface area contributed by atoms with E-state index in [9.17, 15) is 9.59 Å². The van der Waals surface area contributed by atoms with Gasteiger partial charge in [0, 0.05) is 31.4 Å². The number of aryl methyl sites for hydroxylation is 2. The fraction of sp³-hybridized carbons (Fsp3) is 0.550. The van der Waals surface area contributed by atoms with Gasteiger partial charge in [-0.25, -0.2) is 0 Å². The summed E-state index contributed by atoms with van der Waals surface area (Å²) in [7, 11) is 0. The van der Waals surface area contributed by atoms with Crippen LogP contribution in [0.4, 0.5) is 0 Å². The summed E-state index contributed by atoms with van der Waals surface area (Å²) in [5.41, 5.74) is 1.75. The Morgan fingerprint density at radius 2 is 2.12 bits per heavy atom. The Morgan fingerprint density at radius 1 is 1.31 bits per heavy atom. The number of likely N-dealkylation sites (tertiary alicyclic amines) is 1. The van der Waals surface area contributed by atoms with Crippen molar-refractivity contribution < 1.29 is 18.5 Å². The third-order valence-electron chi connectivity index (χ3n) is 5.43. The Bertz CT molecular complexity index is 861. The molecule has 0 N–H and O–H groups in total. The zero-order valence-electron chi connectivity index (χ0n) is 15.5. The molecule has 3 heterocycles. The van der Waals surface area contributed by atoms with Gasteiger partial charge < -0.3 is 13.8 Å². The highest BCUT2D eigenvalue weighted by atomic mass is 16.5. The lowest BCUT2D eigenvalue weighted by molar-refractivity contribution is 0.0724. The third-order valence-corrected chi connectivity index (χ3v) is 5.43. The average molecular weight is 356 g/mol. The quantitative estimate of drug-likeness (QED) is 0.824.